The molecular formula is C13H10N2O5. The van der Waals surface area contributed by atoms with E-state index < -0.39 is 27.6 Å². The Morgan fingerprint density at radius 3 is 2.35 bits per heavy atom. The van der Waals surface area contributed by atoms with Crippen molar-refractivity contribution >= 4 is 5.78 Å². The summed E-state index contributed by atoms with van der Waals surface area (Å²) >= 11 is 0. The van der Waals surface area contributed by atoms with Crippen molar-refractivity contribution in [1.29, 1.82) is 0 Å². The van der Waals surface area contributed by atoms with E-state index in [1.54, 1.807) is 18.2 Å². The van der Waals surface area contributed by atoms with Crippen molar-refractivity contribution in [3.05, 3.63) is 80.0 Å². The summed E-state index contributed by atoms with van der Waals surface area (Å²) in [5.41, 5.74) is -2.31. The maximum absolute atomic E-state index is 12.4. The Balaban J connectivity index is 2.46. The maximum atomic E-state index is 12.4. The van der Waals surface area contributed by atoms with Crippen LogP contribution in [0.1, 0.15) is 16.8 Å². The molecule has 20 heavy (non-hydrogen) atoms. The maximum Gasteiger partial charge on any atom is 0.312 e. The molecule has 0 spiro atoms. The number of carbonyl (C=O) groups is 1. The molecule has 0 N–H and O–H groups in total. The molecule has 7 heteroatoms. The van der Waals surface area contributed by atoms with Crippen molar-refractivity contribution in [3.8, 4) is 0 Å². The Labute approximate surface area is 113 Å². The number of hydrogen-bond acceptors (Lipinski definition) is 5. The van der Waals surface area contributed by atoms with Gasteiger partial charge in [0.2, 0.25) is 5.78 Å². The molecule has 1 aromatic rings. The van der Waals surface area contributed by atoms with E-state index in [-0.39, 0.29) is 11.3 Å². The largest absolute Gasteiger partial charge is 0.312 e. The highest BCUT2D eigenvalue weighted by atomic mass is 16.6. The monoisotopic (exact) mass is 274 g/mol. The molecule has 0 aliphatic heterocycles. The van der Waals surface area contributed by atoms with Crippen molar-refractivity contribution in [2.24, 2.45) is 0 Å². The van der Waals surface area contributed by atoms with Gasteiger partial charge in [0.1, 0.15) is 6.42 Å². The van der Waals surface area contributed by atoms with Gasteiger partial charge in [-0.15, -0.1) is 0 Å². The molecule has 1 atom stereocenters. The second kappa shape index (κ2) is 5.04. The van der Waals surface area contributed by atoms with Crippen LogP contribution in [0.5, 0.6) is 0 Å². The number of nitro groups is 2. The van der Waals surface area contributed by atoms with Crippen LogP contribution in [0.4, 0.5) is 0 Å². The number of benzene rings is 1. The molecule has 1 aromatic carbocycles. The number of rotatable bonds is 4. The molecule has 0 bridgehead atoms. The lowest BCUT2D eigenvalue weighted by Gasteiger charge is -2.21. The fourth-order valence-corrected chi connectivity index (χ4v) is 2.04. The van der Waals surface area contributed by atoms with E-state index in [0.717, 1.165) is 6.08 Å². The van der Waals surface area contributed by atoms with Crippen LogP contribution in [0.2, 0.25) is 0 Å². The average Bonchev–Trinajstić information content (AvgIpc) is 2.47. The van der Waals surface area contributed by atoms with Gasteiger partial charge in [0.25, 0.3) is 5.70 Å². The topological polar surface area (TPSA) is 103 Å². The molecular weight excluding hydrogens is 264 g/mol. The van der Waals surface area contributed by atoms with E-state index in [9.17, 15) is 25.0 Å². The lowest BCUT2D eigenvalue weighted by molar-refractivity contribution is -0.542. The third-order valence-electron chi connectivity index (χ3n) is 3.10. The molecule has 0 heterocycles. The van der Waals surface area contributed by atoms with Crippen molar-refractivity contribution < 1.29 is 14.6 Å². The second-order valence-corrected chi connectivity index (χ2v) is 4.33. The lowest BCUT2D eigenvalue weighted by atomic mass is 9.83. The van der Waals surface area contributed by atoms with E-state index in [0.29, 0.717) is 0 Å². The van der Waals surface area contributed by atoms with Crippen molar-refractivity contribution in [3.63, 3.8) is 0 Å². The third-order valence-corrected chi connectivity index (χ3v) is 3.10. The Hall–Kier alpha value is -2.83. The zero-order valence-corrected chi connectivity index (χ0v) is 10.3. The molecule has 102 valence electrons. The second-order valence-electron chi connectivity index (χ2n) is 4.33. The number of ketones is 1. The van der Waals surface area contributed by atoms with Crippen LogP contribution >= 0.6 is 0 Å². The highest BCUT2D eigenvalue weighted by molar-refractivity contribution is 6.04. The van der Waals surface area contributed by atoms with Crippen LogP contribution in [0.15, 0.2) is 54.3 Å². The summed E-state index contributed by atoms with van der Waals surface area (Å²) in [6.07, 6.45) is 2.90. The van der Waals surface area contributed by atoms with Crippen LogP contribution in [0, 0.1) is 20.2 Å². The fourth-order valence-electron chi connectivity index (χ4n) is 2.04. The number of Topliss-reactive ketones (excluding diaryl/α,β-unsaturated/α-hetero) is 1. The molecule has 0 saturated carbocycles. The summed E-state index contributed by atoms with van der Waals surface area (Å²) < 4.78 is 0. The van der Waals surface area contributed by atoms with Gasteiger partial charge in [-0.2, -0.15) is 0 Å². The first-order chi connectivity index (χ1) is 9.47. The summed E-state index contributed by atoms with van der Waals surface area (Å²) in [7, 11) is 0. The van der Waals surface area contributed by atoms with E-state index in [1.165, 1.54) is 24.3 Å². The van der Waals surface area contributed by atoms with Gasteiger partial charge in [-0.3, -0.25) is 25.0 Å². The van der Waals surface area contributed by atoms with Gasteiger partial charge in [0.05, 0.1) is 4.92 Å². The molecule has 7 nitrogen and oxygen atoms in total. The number of hydrogen-bond donors (Lipinski definition) is 0. The molecule has 0 saturated heterocycles. The number of allylic oxidation sites excluding steroid dienone is 2. The molecule has 2 rings (SSSR count). The molecule has 1 aliphatic carbocycles. The first-order valence-corrected chi connectivity index (χ1v) is 5.74. The Morgan fingerprint density at radius 2 is 1.80 bits per heavy atom. The van der Waals surface area contributed by atoms with Gasteiger partial charge in [0.15, 0.2) is 0 Å². The van der Waals surface area contributed by atoms with Crippen LogP contribution < -0.4 is 0 Å². The van der Waals surface area contributed by atoms with Crippen molar-refractivity contribution in [2.75, 3.05) is 0 Å². The van der Waals surface area contributed by atoms with E-state index in [2.05, 4.69) is 0 Å². The molecule has 1 unspecified atom stereocenters. The van der Waals surface area contributed by atoms with Crippen LogP contribution in [-0.2, 0) is 0 Å². The zero-order valence-electron chi connectivity index (χ0n) is 10.3. The fraction of sp³-hybridized carbons (Fsp3) is 0.154. The summed E-state index contributed by atoms with van der Waals surface area (Å²) in [5.74, 6) is -0.758. The van der Waals surface area contributed by atoms with Crippen LogP contribution in [-0.4, -0.2) is 21.2 Å². The summed E-state index contributed by atoms with van der Waals surface area (Å²) in [6.45, 7) is 0. The van der Waals surface area contributed by atoms with Crippen molar-refractivity contribution in [2.45, 2.75) is 12.0 Å². The van der Waals surface area contributed by atoms with Crippen molar-refractivity contribution in [1.82, 2.24) is 0 Å². The number of carbonyl (C=O) groups excluding carboxylic acids is 1. The summed E-state index contributed by atoms with van der Waals surface area (Å²) in [4.78, 5) is 33.0. The van der Waals surface area contributed by atoms with Gasteiger partial charge in [-0.05, 0) is 0 Å². The Kier molecular flexibility index (Phi) is 3.43. The van der Waals surface area contributed by atoms with E-state index in [4.69, 9.17) is 0 Å². The Morgan fingerprint density at radius 1 is 1.15 bits per heavy atom. The standard InChI is InChI=1S/C13H10N2O5/c16-12(10-5-2-1-3-6-10)13(15(19)20)8-4-7-11(9-13)14(17)18/h1-8H,9H2. The first kappa shape index (κ1) is 13.6. The zero-order chi connectivity index (χ0) is 14.8. The molecule has 0 radical (unpaired) electrons. The van der Waals surface area contributed by atoms with E-state index in [1.807, 2.05) is 0 Å². The Bertz CT molecular complexity index is 635. The molecule has 1 aliphatic rings. The van der Waals surface area contributed by atoms with Gasteiger partial charge in [-0.25, -0.2) is 0 Å². The summed E-state index contributed by atoms with van der Waals surface area (Å²) in [5, 5.41) is 22.1. The average molecular weight is 274 g/mol. The minimum absolute atomic E-state index is 0.151. The third kappa shape index (κ3) is 2.20. The smallest absolute Gasteiger partial charge is 0.286 e. The van der Waals surface area contributed by atoms with Gasteiger partial charge < -0.3 is 0 Å². The lowest BCUT2D eigenvalue weighted by Crippen LogP contribution is -2.46. The van der Waals surface area contributed by atoms with Crippen LogP contribution in [0.3, 0.4) is 0 Å². The predicted octanol–water partition coefficient (Wildman–Crippen LogP) is 2.01. The highest BCUT2D eigenvalue weighted by Crippen LogP contribution is 2.30. The van der Waals surface area contributed by atoms with Gasteiger partial charge >= 0.3 is 5.54 Å². The number of nitrogens with zero attached hydrogens (tertiary/aromatic N) is 2. The first-order valence-electron chi connectivity index (χ1n) is 5.74. The SMILES string of the molecule is O=C(c1ccccc1)C1([N+](=O)[O-])C=CC=C([N+](=O)[O-])C1. The normalized spacial score (nSPS) is 21.1. The van der Waals surface area contributed by atoms with E-state index >= 15 is 0 Å². The quantitative estimate of drug-likeness (QED) is 0.474. The molecule has 0 amide bonds. The minimum Gasteiger partial charge on any atom is -0.286 e. The summed E-state index contributed by atoms with van der Waals surface area (Å²) in [6, 6.07) is 7.74. The van der Waals surface area contributed by atoms with Gasteiger partial charge in [0, 0.05) is 22.6 Å². The van der Waals surface area contributed by atoms with Gasteiger partial charge in [-0.1, -0.05) is 36.4 Å². The minimum atomic E-state index is -2.11. The molecule has 0 aromatic heterocycles. The van der Waals surface area contributed by atoms with Crippen LogP contribution in [0.25, 0.3) is 0 Å². The predicted molar refractivity (Wildman–Crippen MR) is 69.3 cm³/mol. The molecule has 0 fully saturated rings. The highest BCUT2D eigenvalue weighted by Gasteiger charge is 2.52.